The summed E-state index contributed by atoms with van der Waals surface area (Å²) in [5.74, 6) is -0.151. The van der Waals surface area contributed by atoms with E-state index in [1.54, 1.807) is 18.2 Å². The zero-order chi connectivity index (χ0) is 17.9. The van der Waals surface area contributed by atoms with Gasteiger partial charge in [-0.05, 0) is 31.4 Å². The molecule has 1 aliphatic rings. The first-order valence-corrected chi connectivity index (χ1v) is 8.73. The molecule has 1 aromatic rings. The molecule has 2 N–H and O–H groups in total. The molecule has 0 amide bonds. The molecule has 5 nitrogen and oxygen atoms in total. The number of thioether (sulfide) groups is 1. The molecule has 1 unspecified atom stereocenters. The lowest BCUT2D eigenvalue weighted by Gasteiger charge is -2.26. The van der Waals surface area contributed by atoms with Crippen LogP contribution in [0.2, 0.25) is 0 Å². The summed E-state index contributed by atoms with van der Waals surface area (Å²) in [6, 6.07) is 7.12. The van der Waals surface area contributed by atoms with Crippen LogP contribution in [0.5, 0.6) is 5.75 Å². The molecular formula is C18H22N2O3S. The molecule has 6 heteroatoms. The predicted octanol–water partition coefficient (Wildman–Crippen LogP) is 3.81. The number of benzene rings is 1. The lowest BCUT2D eigenvalue weighted by molar-refractivity contribution is -0.140. The molecule has 24 heavy (non-hydrogen) atoms. The van der Waals surface area contributed by atoms with E-state index in [0.29, 0.717) is 29.4 Å². The Hall–Kier alpha value is -2.13. The van der Waals surface area contributed by atoms with Gasteiger partial charge in [0.1, 0.15) is 11.8 Å². The van der Waals surface area contributed by atoms with Crippen LogP contribution < -0.4 is 10.1 Å². The number of carboxylic acid groups (broad SMARTS) is 1. The number of nitriles is 1. The minimum atomic E-state index is -1.29. The van der Waals surface area contributed by atoms with Crippen LogP contribution in [0, 0.1) is 17.2 Å². The van der Waals surface area contributed by atoms with Crippen molar-refractivity contribution in [2.75, 3.05) is 6.61 Å². The van der Waals surface area contributed by atoms with Crippen LogP contribution in [0.1, 0.15) is 45.2 Å². The van der Waals surface area contributed by atoms with Gasteiger partial charge in [0.25, 0.3) is 0 Å². The molecule has 1 aromatic carbocycles. The smallest absolute Gasteiger partial charge is 0.345 e. The molecule has 0 bridgehead atoms. The number of carboxylic acids is 1. The van der Waals surface area contributed by atoms with Gasteiger partial charge in [0, 0.05) is 16.2 Å². The Labute approximate surface area is 146 Å². The van der Waals surface area contributed by atoms with Crippen molar-refractivity contribution in [3.05, 3.63) is 39.9 Å². The maximum Gasteiger partial charge on any atom is 0.345 e. The fourth-order valence-electron chi connectivity index (χ4n) is 2.53. The molecular weight excluding hydrogens is 324 g/mol. The predicted molar refractivity (Wildman–Crippen MR) is 94.5 cm³/mol. The van der Waals surface area contributed by atoms with E-state index in [-0.39, 0.29) is 0 Å². The van der Waals surface area contributed by atoms with Crippen molar-refractivity contribution in [2.45, 2.75) is 39.0 Å². The summed E-state index contributed by atoms with van der Waals surface area (Å²) in [4.78, 5) is 11.7. The van der Waals surface area contributed by atoms with Gasteiger partial charge in [-0.25, -0.2) is 4.79 Å². The largest absolute Gasteiger partial charge is 0.492 e. The van der Waals surface area contributed by atoms with Gasteiger partial charge in [0.15, 0.2) is 0 Å². The number of allylic oxidation sites excluding steroid dienone is 2. The number of rotatable bonds is 6. The molecule has 0 spiro atoms. The number of carbonyl (C=O) groups is 1. The third-order valence-corrected chi connectivity index (χ3v) is 5.42. The Bertz CT molecular complexity index is 721. The highest BCUT2D eigenvalue weighted by Gasteiger charge is 2.46. The number of hydrogen-bond donors (Lipinski definition) is 2. The van der Waals surface area contributed by atoms with Gasteiger partial charge in [-0.2, -0.15) is 5.26 Å². The molecule has 1 heterocycles. The van der Waals surface area contributed by atoms with Gasteiger partial charge in [0.05, 0.1) is 12.2 Å². The number of nitrogens with one attached hydrogen (secondary N) is 1. The Kier molecular flexibility index (Phi) is 5.45. The second kappa shape index (κ2) is 7.18. The molecule has 0 fully saturated rings. The summed E-state index contributed by atoms with van der Waals surface area (Å²) in [5, 5.41) is 22.3. The second-order valence-electron chi connectivity index (χ2n) is 6.14. The monoisotopic (exact) mass is 346 g/mol. The summed E-state index contributed by atoms with van der Waals surface area (Å²) in [7, 11) is 0. The second-order valence-corrected chi connectivity index (χ2v) is 7.45. The van der Waals surface area contributed by atoms with Gasteiger partial charge in [-0.1, -0.05) is 38.6 Å². The van der Waals surface area contributed by atoms with Crippen molar-refractivity contribution >= 4 is 17.7 Å². The fraction of sp³-hybridized carbons (Fsp3) is 0.444. The summed E-state index contributed by atoms with van der Waals surface area (Å²) in [6.07, 6.45) is 0.763. The standard InChI is InChI=1S/C18H22N2O3S/c1-5-16-12(4)20-18(24-16,17(21)22)14-6-7-15(13(8-14)9-19)23-10-11(2)3/h6-8,11,20H,5,10H2,1-4H3,(H,21,22). The quantitative estimate of drug-likeness (QED) is 0.815. The van der Waals surface area contributed by atoms with Gasteiger partial charge >= 0.3 is 5.97 Å². The fourth-order valence-corrected chi connectivity index (χ4v) is 3.78. The molecule has 0 saturated heterocycles. The van der Waals surface area contributed by atoms with Gasteiger partial charge in [-0.3, -0.25) is 0 Å². The van der Waals surface area contributed by atoms with Crippen LogP contribution in [0.25, 0.3) is 0 Å². The zero-order valence-electron chi connectivity index (χ0n) is 14.3. The summed E-state index contributed by atoms with van der Waals surface area (Å²) in [5.41, 5.74) is 1.75. The lowest BCUT2D eigenvalue weighted by atomic mass is 10.0. The number of nitrogens with zero attached hydrogens (tertiary/aromatic N) is 1. The van der Waals surface area contributed by atoms with Crippen molar-refractivity contribution in [3.8, 4) is 11.8 Å². The summed E-state index contributed by atoms with van der Waals surface area (Å²) >= 11 is 1.29. The van der Waals surface area contributed by atoms with Crippen molar-refractivity contribution < 1.29 is 14.6 Å². The average molecular weight is 346 g/mol. The van der Waals surface area contributed by atoms with Crippen LogP contribution >= 0.6 is 11.8 Å². The van der Waals surface area contributed by atoms with E-state index in [2.05, 4.69) is 11.4 Å². The SMILES string of the molecule is CCC1=C(C)NC(C(=O)O)(c2ccc(OCC(C)C)c(C#N)c2)S1. The Morgan fingerprint density at radius 2 is 2.21 bits per heavy atom. The normalized spacial score (nSPS) is 20.0. The van der Waals surface area contributed by atoms with Crippen LogP contribution in [0.4, 0.5) is 0 Å². The highest BCUT2D eigenvalue weighted by atomic mass is 32.2. The van der Waals surface area contributed by atoms with Gasteiger partial charge in [-0.15, -0.1) is 0 Å². The first kappa shape index (κ1) is 18.2. The minimum Gasteiger partial charge on any atom is -0.492 e. The topological polar surface area (TPSA) is 82.3 Å². The Morgan fingerprint density at radius 3 is 2.71 bits per heavy atom. The van der Waals surface area contributed by atoms with Crippen LogP contribution in [-0.4, -0.2) is 17.7 Å². The van der Waals surface area contributed by atoms with E-state index in [4.69, 9.17) is 4.74 Å². The van der Waals surface area contributed by atoms with Crippen molar-refractivity contribution in [1.29, 1.82) is 5.26 Å². The zero-order valence-corrected chi connectivity index (χ0v) is 15.2. The summed E-state index contributed by atoms with van der Waals surface area (Å²) < 4.78 is 5.66. The number of hydrogen-bond acceptors (Lipinski definition) is 5. The highest BCUT2D eigenvalue weighted by Crippen LogP contribution is 2.47. The highest BCUT2D eigenvalue weighted by molar-refractivity contribution is 8.04. The van der Waals surface area contributed by atoms with Crippen LogP contribution in [-0.2, 0) is 9.67 Å². The van der Waals surface area contributed by atoms with E-state index in [1.165, 1.54) is 11.8 Å². The maximum absolute atomic E-state index is 12.0. The van der Waals surface area contributed by atoms with Gasteiger partial charge in [0.2, 0.25) is 4.87 Å². The van der Waals surface area contributed by atoms with Crippen LogP contribution in [0.15, 0.2) is 28.8 Å². The first-order valence-electron chi connectivity index (χ1n) is 7.91. The lowest BCUT2D eigenvalue weighted by Crippen LogP contribution is -2.42. The Morgan fingerprint density at radius 1 is 1.50 bits per heavy atom. The third kappa shape index (κ3) is 3.36. The average Bonchev–Trinajstić information content (AvgIpc) is 2.90. The molecule has 0 aromatic heterocycles. The third-order valence-electron chi connectivity index (χ3n) is 3.76. The van der Waals surface area contributed by atoms with Crippen molar-refractivity contribution in [2.24, 2.45) is 5.92 Å². The molecule has 0 saturated carbocycles. The minimum absolute atomic E-state index is 0.340. The van der Waals surface area contributed by atoms with E-state index in [1.807, 2.05) is 27.7 Å². The Balaban J connectivity index is 2.40. The maximum atomic E-state index is 12.0. The molecule has 2 rings (SSSR count). The molecule has 128 valence electrons. The van der Waals surface area contributed by atoms with Crippen molar-refractivity contribution in [3.63, 3.8) is 0 Å². The molecule has 1 aliphatic heterocycles. The number of aliphatic carboxylic acids is 1. The molecule has 1 atom stereocenters. The van der Waals surface area contributed by atoms with E-state index in [9.17, 15) is 15.2 Å². The van der Waals surface area contributed by atoms with E-state index >= 15 is 0 Å². The number of ether oxygens (including phenoxy) is 1. The summed E-state index contributed by atoms with van der Waals surface area (Å²) in [6.45, 7) is 8.43. The van der Waals surface area contributed by atoms with Crippen molar-refractivity contribution in [1.82, 2.24) is 5.32 Å². The van der Waals surface area contributed by atoms with Crippen LogP contribution in [0.3, 0.4) is 0 Å². The molecule has 0 radical (unpaired) electrons. The van der Waals surface area contributed by atoms with Gasteiger partial charge < -0.3 is 15.2 Å². The van der Waals surface area contributed by atoms with E-state index < -0.39 is 10.8 Å². The van der Waals surface area contributed by atoms with E-state index in [0.717, 1.165) is 17.0 Å². The first-order chi connectivity index (χ1) is 11.3. The molecule has 0 aliphatic carbocycles.